The fourth-order valence-corrected chi connectivity index (χ4v) is 3.35. The molecule has 2 amide bonds. The number of nitrogens with one attached hydrogen (secondary N) is 3. The summed E-state index contributed by atoms with van der Waals surface area (Å²) in [6, 6.07) is 3.70. The van der Waals surface area contributed by atoms with Crippen molar-refractivity contribution in [3.8, 4) is 11.3 Å². The van der Waals surface area contributed by atoms with E-state index >= 15 is 0 Å². The second-order valence-electron chi connectivity index (χ2n) is 7.88. The van der Waals surface area contributed by atoms with Gasteiger partial charge in [0.05, 0.1) is 18.6 Å². The molecule has 198 valence electrons. The quantitative estimate of drug-likeness (QED) is 0.308. The first-order valence-electron chi connectivity index (χ1n) is 11.1. The van der Waals surface area contributed by atoms with Gasteiger partial charge in [0.1, 0.15) is 11.9 Å². The zero-order chi connectivity index (χ0) is 27.4. The monoisotopic (exact) mass is 530 g/mol. The molecule has 0 aliphatic rings. The molecule has 4 aromatic rings. The van der Waals surface area contributed by atoms with Gasteiger partial charge in [0.15, 0.2) is 17.3 Å². The molecule has 38 heavy (non-hydrogen) atoms. The molecular formula is C22H21F3N10O3. The standard InChI is InChI=1S/C22H21F3N10O3/c1-11(35-10-30-18(26-3)17(35)20(37)27-9-16-31-12(2)38-34-16)19(36)33-15-6-4-5-14(32-15)13-7-28-21(29-8-13)22(23,24)25/h4-8,10-11,26H,9H2,1-3H3,(H,27,37)(H,32,33,36)/t11-/m0/s1. The number of pyridine rings is 1. The topological polar surface area (TPSA) is 166 Å². The van der Waals surface area contributed by atoms with Crippen molar-refractivity contribution in [1.82, 2.24) is 40.0 Å². The van der Waals surface area contributed by atoms with Crippen LogP contribution in [0.25, 0.3) is 11.3 Å². The Bertz CT molecular complexity index is 1450. The van der Waals surface area contributed by atoms with Crippen molar-refractivity contribution in [3.63, 3.8) is 0 Å². The molecule has 4 rings (SSSR count). The highest BCUT2D eigenvalue weighted by Gasteiger charge is 2.34. The molecule has 0 aliphatic carbocycles. The number of hydrogen-bond acceptors (Lipinski definition) is 10. The van der Waals surface area contributed by atoms with Crippen molar-refractivity contribution in [1.29, 1.82) is 0 Å². The Kier molecular flexibility index (Phi) is 7.31. The minimum Gasteiger partial charge on any atom is -0.371 e. The van der Waals surface area contributed by atoms with E-state index in [-0.39, 0.29) is 41.0 Å². The van der Waals surface area contributed by atoms with E-state index in [0.717, 1.165) is 12.4 Å². The lowest BCUT2D eigenvalue weighted by atomic mass is 10.2. The van der Waals surface area contributed by atoms with Crippen LogP contribution in [-0.4, -0.2) is 53.5 Å². The van der Waals surface area contributed by atoms with Crippen LogP contribution in [0.5, 0.6) is 0 Å². The van der Waals surface area contributed by atoms with Crippen LogP contribution in [0.1, 0.15) is 41.0 Å². The number of carbonyl (C=O) groups is 2. The van der Waals surface area contributed by atoms with Crippen LogP contribution >= 0.6 is 0 Å². The van der Waals surface area contributed by atoms with Crippen LogP contribution in [0.4, 0.5) is 24.8 Å². The average Bonchev–Trinajstić information content (AvgIpc) is 3.52. The first kappa shape index (κ1) is 26.2. The number of hydrogen-bond donors (Lipinski definition) is 3. The minimum atomic E-state index is -4.67. The van der Waals surface area contributed by atoms with E-state index in [9.17, 15) is 22.8 Å². The first-order chi connectivity index (χ1) is 18.1. The van der Waals surface area contributed by atoms with Crippen LogP contribution in [0.15, 0.2) is 41.4 Å². The second kappa shape index (κ2) is 10.6. The largest absolute Gasteiger partial charge is 0.451 e. The van der Waals surface area contributed by atoms with Crippen molar-refractivity contribution in [2.24, 2.45) is 0 Å². The first-order valence-corrected chi connectivity index (χ1v) is 11.1. The number of aryl methyl sites for hydroxylation is 1. The molecule has 4 aromatic heterocycles. The Hall–Kier alpha value is -4.89. The number of anilines is 2. The molecule has 16 heteroatoms. The average molecular weight is 530 g/mol. The number of aromatic nitrogens is 7. The maximum Gasteiger partial charge on any atom is 0.451 e. The molecule has 0 saturated carbocycles. The van der Waals surface area contributed by atoms with Gasteiger partial charge in [0.2, 0.25) is 17.6 Å². The number of nitrogens with zero attached hydrogens (tertiary/aromatic N) is 7. The van der Waals surface area contributed by atoms with E-state index in [0.29, 0.717) is 5.89 Å². The fourth-order valence-electron chi connectivity index (χ4n) is 3.35. The summed E-state index contributed by atoms with van der Waals surface area (Å²) < 4.78 is 44.5. The fraction of sp³-hybridized carbons (Fsp3) is 0.273. The van der Waals surface area contributed by atoms with Crippen LogP contribution in [0.3, 0.4) is 0 Å². The van der Waals surface area contributed by atoms with Crippen molar-refractivity contribution >= 4 is 23.5 Å². The number of alkyl halides is 3. The smallest absolute Gasteiger partial charge is 0.371 e. The van der Waals surface area contributed by atoms with Crippen molar-refractivity contribution < 1.29 is 27.3 Å². The Labute approximate surface area is 212 Å². The van der Waals surface area contributed by atoms with Gasteiger partial charge in [0, 0.05) is 31.9 Å². The normalized spacial score (nSPS) is 12.2. The Morgan fingerprint density at radius 1 is 1.13 bits per heavy atom. The van der Waals surface area contributed by atoms with Gasteiger partial charge in [-0.3, -0.25) is 9.59 Å². The van der Waals surface area contributed by atoms with E-state index in [1.54, 1.807) is 27.0 Å². The van der Waals surface area contributed by atoms with Crippen LogP contribution in [-0.2, 0) is 17.5 Å². The maximum absolute atomic E-state index is 13.0. The van der Waals surface area contributed by atoms with E-state index in [1.807, 2.05) is 0 Å². The summed E-state index contributed by atoms with van der Waals surface area (Å²) in [5, 5.41) is 11.8. The minimum absolute atomic E-state index is 0.00450. The molecule has 0 saturated heterocycles. The highest BCUT2D eigenvalue weighted by Crippen LogP contribution is 2.27. The van der Waals surface area contributed by atoms with Crippen molar-refractivity contribution in [3.05, 3.63) is 60.2 Å². The highest BCUT2D eigenvalue weighted by atomic mass is 19.4. The van der Waals surface area contributed by atoms with E-state index < -0.39 is 29.9 Å². The Morgan fingerprint density at radius 2 is 1.87 bits per heavy atom. The third-order valence-corrected chi connectivity index (χ3v) is 5.22. The number of halogens is 3. The third kappa shape index (κ3) is 5.74. The Morgan fingerprint density at radius 3 is 2.50 bits per heavy atom. The lowest BCUT2D eigenvalue weighted by Crippen LogP contribution is -2.31. The summed E-state index contributed by atoms with van der Waals surface area (Å²) in [6.07, 6.45) is -1.33. The van der Waals surface area contributed by atoms with E-state index in [1.165, 1.54) is 23.0 Å². The number of carbonyl (C=O) groups excluding carboxylic acids is 2. The van der Waals surface area contributed by atoms with Crippen LogP contribution in [0, 0.1) is 6.92 Å². The summed E-state index contributed by atoms with van der Waals surface area (Å²) in [5.41, 5.74) is 0.575. The maximum atomic E-state index is 13.0. The summed E-state index contributed by atoms with van der Waals surface area (Å²) >= 11 is 0. The lowest BCUT2D eigenvalue weighted by molar-refractivity contribution is -0.145. The molecule has 0 bridgehead atoms. The molecule has 0 spiro atoms. The number of imidazole rings is 1. The molecule has 0 aliphatic heterocycles. The second-order valence-corrected chi connectivity index (χ2v) is 7.88. The van der Waals surface area contributed by atoms with Gasteiger partial charge in [0.25, 0.3) is 5.91 Å². The van der Waals surface area contributed by atoms with Crippen molar-refractivity contribution in [2.45, 2.75) is 32.6 Å². The molecular weight excluding hydrogens is 509 g/mol. The zero-order valence-corrected chi connectivity index (χ0v) is 20.2. The van der Waals surface area contributed by atoms with Gasteiger partial charge in [-0.25, -0.2) is 19.9 Å². The van der Waals surface area contributed by atoms with Gasteiger partial charge in [-0.1, -0.05) is 11.2 Å². The van der Waals surface area contributed by atoms with E-state index in [2.05, 4.69) is 46.0 Å². The molecule has 0 aromatic carbocycles. The summed E-state index contributed by atoms with van der Waals surface area (Å²) in [5.74, 6) is -1.32. The molecule has 0 radical (unpaired) electrons. The molecule has 3 N–H and O–H groups in total. The molecule has 1 atom stereocenters. The SMILES string of the molecule is CNc1ncn([C@@H](C)C(=O)Nc2cccc(-c3cnc(C(F)(F)F)nc3)n2)c1C(=O)NCc1noc(C)n1. The summed E-state index contributed by atoms with van der Waals surface area (Å²) in [7, 11) is 1.58. The molecule has 0 unspecified atom stereocenters. The van der Waals surface area contributed by atoms with Gasteiger partial charge < -0.3 is 25.0 Å². The molecule has 0 fully saturated rings. The Balaban J connectivity index is 1.49. The van der Waals surface area contributed by atoms with Gasteiger partial charge in [-0.15, -0.1) is 0 Å². The van der Waals surface area contributed by atoms with Gasteiger partial charge >= 0.3 is 6.18 Å². The summed E-state index contributed by atoms with van der Waals surface area (Å²) in [6.45, 7) is 3.17. The predicted octanol–water partition coefficient (Wildman–Crippen LogP) is 2.62. The van der Waals surface area contributed by atoms with Crippen LogP contribution < -0.4 is 16.0 Å². The van der Waals surface area contributed by atoms with E-state index in [4.69, 9.17) is 4.52 Å². The van der Waals surface area contributed by atoms with Gasteiger partial charge in [-0.05, 0) is 19.1 Å². The van der Waals surface area contributed by atoms with Crippen molar-refractivity contribution in [2.75, 3.05) is 17.7 Å². The van der Waals surface area contributed by atoms with Gasteiger partial charge in [-0.2, -0.15) is 18.2 Å². The highest BCUT2D eigenvalue weighted by molar-refractivity contribution is 5.99. The summed E-state index contributed by atoms with van der Waals surface area (Å²) in [4.78, 5) is 45.1. The molecule has 4 heterocycles. The third-order valence-electron chi connectivity index (χ3n) is 5.22. The zero-order valence-electron chi connectivity index (χ0n) is 20.2. The lowest BCUT2D eigenvalue weighted by Gasteiger charge is -2.17. The number of rotatable bonds is 8. The number of amides is 2. The predicted molar refractivity (Wildman–Crippen MR) is 126 cm³/mol. The van der Waals surface area contributed by atoms with Crippen LogP contribution in [0.2, 0.25) is 0 Å². The molecule has 13 nitrogen and oxygen atoms in total.